The number of fused-ring (bicyclic) bond motifs is 1. The summed E-state index contributed by atoms with van der Waals surface area (Å²) in [5.41, 5.74) is 8.36. The fourth-order valence-electron chi connectivity index (χ4n) is 2.08. The van der Waals surface area contributed by atoms with Crippen LogP contribution < -0.4 is 11.1 Å². The van der Waals surface area contributed by atoms with E-state index in [-0.39, 0.29) is 0 Å². The van der Waals surface area contributed by atoms with Gasteiger partial charge in [-0.05, 0) is 49.8 Å². The molecule has 0 bridgehead atoms. The first-order valence-electron chi connectivity index (χ1n) is 6.86. The molecule has 0 aliphatic heterocycles. The second-order valence-electron chi connectivity index (χ2n) is 4.51. The first kappa shape index (κ1) is 14.2. The third kappa shape index (κ3) is 5.85. The van der Waals surface area contributed by atoms with E-state index in [1.54, 1.807) is 11.1 Å². The van der Waals surface area contributed by atoms with Crippen LogP contribution in [0.5, 0.6) is 0 Å². The maximum atomic E-state index is 5.21. The molecule has 3 N–H and O–H groups in total. The normalized spacial score (nSPS) is 13.5. The van der Waals surface area contributed by atoms with Crippen molar-refractivity contribution < 1.29 is 0 Å². The maximum absolute atomic E-state index is 5.21. The van der Waals surface area contributed by atoms with Gasteiger partial charge in [0.15, 0.2) is 0 Å². The molecule has 2 heteroatoms. The molecule has 0 heterocycles. The fraction of sp³-hybridized carbons (Fsp3) is 0.600. The lowest BCUT2D eigenvalue weighted by Crippen LogP contribution is -2.22. The smallest absolute Gasteiger partial charge is 0.00744 e. The van der Waals surface area contributed by atoms with Gasteiger partial charge < -0.3 is 11.1 Å². The van der Waals surface area contributed by atoms with Crippen molar-refractivity contribution in [1.82, 2.24) is 5.32 Å². The van der Waals surface area contributed by atoms with Gasteiger partial charge in [0.2, 0.25) is 0 Å². The zero-order valence-corrected chi connectivity index (χ0v) is 11.0. The van der Waals surface area contributed by atoms with Gasteiger partial charge in [-0.15, -0.1) is 0 Å². The molecule has 0 unspecified atom stereocenters. The summed E-state index contributed by atoms with van der Waals surface area (Å²) in [4.78, 5) is 0. The molecule has 2 nitrogen and oxygen atoms in total. The van der Waals surface area contributed by atoms with Crippen LogP contribution in [0, 0.1) is 0 Å². The van der Waals surface area contributed by atoms with Crippen LogP contribution in [0.25, 0.3) is 0 Å². The molecule has 0 saturated carbocycles. The van der Waals surface area contributed by atoms with Crippen LogP contribution >= 0.6 is 0 Å². The summed E-state index contributed by atoms with van der Waals surface area (Å²) in [6.45, 7) is 4.94. The van der Waals surface area contributed by atoms with Gasteiger partial charge in [0.1, 0.15) is 0 Å². The Hall–Kier alpha value is -0.860. The number of rotatable bonds is 4. The average molecular weight is 234 g/mol. The van der Waals surface area contributed by atoms with E-state index in [9.17, 15) is 0 Å². The first-order valence-corrected chi connectivity index (χ1v) is 6.86. The van der Waals surface area contributed by atoms with Crippen molar-refractivity contribution in [3.05, 3.63) is 35.4 Å². The van der Waals surface area contributed by atoms with E-state index in [4.69, 9.17) is 5.73 Å². The lowest BCUT2D eigenvalue weighted by molar-refractivity contribution is 0.678. The molecule has 1 aliphatic rings. The number of hydrogen-bond donors (Lipinski definition) is 2. The molecule has 0 fully saturated rings. The zero-order valence-electron chi connectivity index (χ0n) is 11.0. The highest BCUT2D eigenvalue weighted by Crippen LogP contribution is 2.19. The Balaban J connectivity index is 0.000000185. The Kier molecular flexibility index (Phi) is 7.69. The predicted molar refractivity (Wildman–Crippen MR) is 75.3 cm³/mol. The van der Waals surface area contributed by atoms with Gasteiger partial charge >= 0.3 is 0 Å². The van der Waals surface area contributed by atoms with Crippen LogP contribution in [0.4, 0.5) is 0 Å². The molecule has 0 radical (unpaired) electrons. The van der Waals surface area contributed by atoms with Gasteiger partial charge in [0.25, 0.3) is 0 Å². The third-order valence-electron chi connectivity index (χ3n) is 3.01. The van der Waals surface area contributed by atoms with Crippen LogP contribution in [0.3, 0.4) is 0 Å². The fourth-order valence-corrected chi connectivity index (χ4v) is 2.08. The lowest BCUT2D eigenvalue weighted by Gasteiger charge is -2.13. The highest BCUT2D eigenvalue weighted by atomic mass is 14.9. The summed E-state index contributed by atoms with van der Waals surface area (Å²) in [5, 5.41) is 3.16. The molecule has 17 heavy (non-hydrogen) atoms. The van der Waals surface area contributed by atoms with Crippen molar-refractivity contribution in [1.29, 1.82) is 0 Å². The maximum Gasteiger partial charge on any atom is 0.00744 e. The van der Waals surface area contributed by atoms with E-state index in [1.165, 1.54) is 32.1 Å². The number of aryl methyl sites for hydroxylation is 2. The Morgan fingerprint density at radius 1 is 1.06 bits per heavy atom. The summed E-state index contributed by atoms with van der Waals surface area (Å²) in [6.07, 6.45) is 6.57. The number of nitrogens with one attached hydrogen (secondary N) is 1. The van der Waals surface area contributed by atoms with Crippen LogP contribution in [0.2, 0.25) is 0 Å². The summed E-state index contributed by atoms with van der Waals surface area (Å²) < 4.78 is 0. The van der Waals surface area contributed by atoms with E-state index in [1.807, 2.05) is 0 Å². The largest absolute Gasteiger partial charge is 0.329 e. The number of benzene rings is 1. The minimum atomic E-state index is 0.750. The van der Waals surface area contributed by atoms with Gasteiger partial charge in [0.05, 0.1) is 0 Å². The molecule has 2 rings (SSSR count). The molecule has 1 aromatic carbocycles. The third-order valence-corrected chi connectivity index (χ3v) is 3.01. The highest BCUT2D eigenvalue weighted by Gasteiger charge is 2.05. The van der Waals surface area contributed by atoms with Gasteiger partial charge in [-0.2, -0.15) is 0 Å². The van der Waals surface area contributed by atoms with Crippen molar-refractivity contribution in [2.24, 2.45) is 5.73 Å². The summed E-state index contributed by atoms with van der Waals surface area (Å²) in [5.74, 6) is 0. The second-order valence-corrected chi connectivity index (χ2v) is 4.51. The average Bonchev–Trinajstić information content (AvgIpc) is 2.40. The number of hydrogen-bond acceptors (Lipinski definition) is 2. The molecular weight excluding hydrogens is 208 g/mol. The van der Waals surface area contributed by atoms with Crippen molar-refractivity contribution in [2.75, 3.05) is 19.6 Å². The Morgan fingerprint density at radius 3 is 2.12 bits per heavy atom. The SMILES string of the molecule is CCCNCCN.c1ccc2c(c1)CCCC2. The molecular formula is C15H26N2. The van der Waals surface area contributed by atoms with Gasteiger partial charge in [-0.3, -0.25) is 0 Å². The topological polar surface area (TPSA) is 38.0 Å². The van der Waals surface area contributed by atoms with Crippen LogP contribution in [0.1, 0.15) is 37.3 Å². The van der Waals surface area contributed by atoms with Crippen LogP contribution in [0.15, 0.2) is 24.3 Å². The van der Waals surface area contributed by atoms with E-state index in [2.05, 4.69) is 36.5 Å². The molecule has 96 valence electrons. The van der Waals surface area contributed by atoms with Crippen LogP contribution in [-0.2, 0) is 12.8 Å². The zero-order chi connectivity index (χ0) is 12.3. The summed E-state index contributed by atoms with van der Waals surface area (Å²) in [6, 6.07) is 8.80. The van der Waals surface area contributed by atoms with Gasteiger partial charge in [-0.1, -0.05) is 31.2 Å². The van der Waals surface area contributed by atoms with Crippen molar-refractivity contribution in [3.63, 3.8) is 0 Å². The molecule has 0 aromatic heterocycles. The summed E-state index contributed by atoms with van der Waals surface area (Å²) in [7, 11) is 0. The monoisotopic (exact) mass is 234 g/mol. The van der Waals surface area contributed by atoms with Crippen LogP contribution in [-0.4, -0.2) is 19.6 Å². The van der Waals surface area contributed by atoms with E-state index in [0.29, 0.717) is 0 Å². The Labute approximate surface area is 106 Å². The lowest BCUT2D eigenvalue weighted by atomic mass is 9.92. The molecule has 0 amide bonds. The standard InChI is InChI=1S/C10H12.C5H14N2/c1-2-6-10-8-4-3-7-9(10)5-1;1-2-4-7-5-3-6/h1-2,5-6H,3-4,7-8H2;7H,2-6H2,1H3. The second kappa shape index (κ2) is 9.20. The molecule has 0 spiro atoms. The van der Waals surface area contributed by atoms with Gasteiger partial charge in [0, 0.05) is 13.1 Å². The molecule has 1 aliphatic carbocycles. The molecule has 1 aromatic rings. The van der Waals surface area contributed by atoms with E-state index < -0.39 is 0 Å². The number of nitrogens with two attached hydrogens (primary N) is 1. The Bertz CT molecular complexity index is 268. The molecule has 0 atom stereocenters. The minimum Gasteiger partial charge on any atom is -0.329 e. The van der Waals surface area contributed by atoms with Crippen molar-refractivity contribution in [3.8, 4) is 0 Å². The molecule has 0 saturated heterocycles. The quantitative estimate of drug-likeness (QED) is 0.786. The van der Waals surface area contributed by atoms with Gasteiger partial charge in [-0.25, -0.2) is 0 Å². The van der Waals surface area contributed by atoms with E-state index in [0.717, 1.165) is 19.6 Å². The van der Waals surface area contributed by atoms with E-state index >= 15 is 0 Å². The minimum absolute atomic E-state index is 0.750. The predicted octanol–water partition coefficient (Wildman–Crippen LogP) is 2.51. The highest BCUT2D eigenvalue weighted by molar-refractivity contribution is 5.28. The van der Waals surface area contributed by atoms with Crippen molar-refractivity contribution in [2.45, 2.75) is 39.0 Å². The first-order chi connectivity index (χ1) is 8.38. The Morgan fingerprint density at radius 2 is 1.65 bits per heavy atom. The summed E-state index contributed by atoms with van der Waals surface area (Å²) >= 11 is 0. The van der Waals surface area contributed by atoms with Crippen molar-refractivity contribution >= 4 is 0 Å².